The molecule has 0 spiro atoms. The fraction of sp³-hybridized carbons (Fsp3) is 0.588. The highest BCUT2D eigenvalue weighted by Gasteiger charge is 2.61. The predicted molar refractivity (Wildman–Crippen MR) is 77.8 cm³/mol. The van der Waals surface area contributed by atoms with Crippen LogP contribution in [0.15, 0.2) is 0 Å². The molecule has 0 N–H and O–H groups in total. The van der Waals surface area contributed by atoms with E-state index in [2.05, 4.69) is 4.74 Å². The highest BCUT2D eigenvalue weighted by molar-refractivity contribution is 5.77. The number of rotatable bonds is 6. The van der Waals surface area contributed by atoms with Gasteiger partial charge in [0, 0.05) is 7.11 Å². The summed E-state index contributed by atoms with van der Waals surface area (Å²) in [5, 5.41) is 0. The molecule has 1 aliphatic rings. The fourth-order valence-electron chi connectivity index (χ4n) is 3.33. The number of ether oxygens (including phenoxy) is 2. The molecule has 0 saturated heterocycles. The summed E-state index contributed by atoms with van der Waals surface area (Å²) in [6.45, 7) is 4.25. The van der Waals surface area contributed by atoms with Crippen molar-refractivity contribution in [3.8, 4) is 0 Å². The zero-order chi connectivity index (χ0) is 18.2. The molecule has 2 rings (SSSR count). The maximum atomic E-state index is 14.0. The zero-order valence-corrected chi connectivity index (χ0v) is 14.0. The first-order valence-electron chi connectivity index (χ1n) is 7.67. The minimum Gasteiger partial charge on any atom is -0.460 e. The van der Waals surface area contributed by atoms with E-state index in [-0.39, 0.29) is 17.3 Å². The second-order valence-electron chi connectivity index (χ2n) is 6.57. The standard InChI is InChI=1S/C17H20F4O3/c1-5-10-11(17(10,2)3)16(22)24-7-9-14(20)12(18)8(6-23-4)13(19)15(9)21/h10-11H,5-7H2,1-4H3. The van der Waals surface area contributed by atoms with Gasteiger partial charge in [-0.3, -0.25) is 4.79 Å². The highest BCUT2D eigenvalue weighted by Crippen LogP contribution is 2.60. The Morgan fingerprint density at radius 2 is 1.46 bits per heavy atom. The van der Waals surface area contributed by atoms with Gasteiger partial charge in [-0.2, -0.15) is 0 Å². The number of halogens is 4. The number of carbonyl (C=O) groups excluding carboxylic acids is 1. The molecule has 0 heterocycles. The van der Waals surface area contributed by atoms with Crippen LogP contribution in [0.2, 0.25) is 0 Å². The average Bonchev–Trinajstić information content (AvgIpc) is 3.10. The smallest absolute Gasteiger partial charge is 0.310 e. The van der Waals surface area contributed by atoms with Crippen LogP contribution in [-0.4, -0.2) is 13.1 Å². The van der Waals surface area contributed by atoms with Crippen LogP contribution in [0.25, 0.3) is 0 Å². The van der Waals surface area contributed by atoms with E-state index in [1.165, 1.54) is 0 Å². The first kappa shape index (κ1) is 18.7. The lowest BCUT2D eigenvalue weighted by molar-refractivity contribution is -0.147. The molecule has 0 amide bonds. The summed E-state index contributed by atoms with van der Waals surface area (Å²) < 4.78 is 65.0. The summed E-state index contributed by atoms with van der Waals surface area (Å²) >= 11 is 0. The molecule has 0 radical (unpaired) electrons. The van der Waals surface area contributed by atoms with Crippen molar-refractivity contribution < 1.29 is 31.8 Å². The van der Waals surface area contributed by atoms with Crippen LogP contribution in [0.5, 0.6) is 0 Å². The number of hydrogen-bond donors (Lipinski definition) is 0. The summed E-state index contributed by atoms with van der Waals surface area (Å²) in [7, 11) is 1.14. The second kappa shape index (κ2) is 6.70. The third-order valence-corrected chi connectivity index (χ3v) is 4.84. The van der Waals surface area contributed by atoms with Crippen LogP contribution in [-0.2, 0) is 27.5 Å². The number of benzene rings is 1. The normalized spacial score (nSPS) is 21.7. The predicted octanol–water partition coefficient (Wildman–Crippen LogP) is 4.11. The van der Waals surface area contributed by atoms with Gasteiger partial charge in [0.2, 0.25) is 0 Å². The fourth-order valence-corrected chi connectivity index (χ4v) is 3.33. The summed E-state index contributed by atoms with van der Waals surface area (Å²) in [6.07, 6.45) is 0.768. The first-order chi connectivity index (χ1) is 11.2. The van der Waals surface area contributed by atoms with Gasteiger partial charge in [0.25, 0.3) is 0 Å². The molecule has 1 aromatic rings. The molecule has 0 bridgehead atoms. The quantitative estimate of drug-likeness (QED) is 0.441. The van der Waals surface area contributed by atoms with E-state index in [9.17, 15) is 22.4 Å². The molecule has 2 atom stereocenters. The Morgan fingerprint density at radius 3 is 1.83 bits per heavy atom. The Balaban J connectivity index is 2.18. The molecule has 1 aliphatic carbocycles. The largest absolute Gasteiger partial charge is 0.460 e. The lowest BCUT2D eigenvalue weighted by Gasteiger charge is -2.12. The third-order valence-electron chi connectivity index (χ3n) is 4.84. The van der Waals surface area contributed by atoms with E-state index in [1.54, 1.807) is 0 Å². The first-order valence-corrected chi connectivity index (χ1v) is 7.67. The van der Waals surface area contributed by atoms with Gasteiger partial charge in [0.05, 0.1) is 23.7 Å². The van der Waals surface area contributed by atoms with Gasteiger partial charge in [-0.05, 0) is 11.3 Å². The van der Waals surface area contributed by atoms with Crippen LogP contribution < -0.4 is 0 Å². The maximum absolute atomic E-state index is 14.0. The van der Waals surface area contributed by atoms with Gasteiger partial charge in [-0.1, -0.05) is 27.2 Å². The molecule has 1 aromatic carbocycles. The van der Waals surface area contributed by atoms with Gasteiger partial charge in [0.1, 0.15) is 6.61 Å². The maximum Gasteiger partial charge on any atom is 0.310 e. The lowest BCUT2D eigenvalue weighted by Crippen LogP contribution is -2.15. The number of esters is 1. The van der Waals surface area contributed by atoms with Gasteiger partial charge >= 0.3 is 5.97 Å². The molecule has 7 heteroatoms. The van der Waals surface area contributed by atoms with Crippen molar-refractivity contribution in [3.05, 3.63) is 34.4 Å². The number of hydrogen-bond acceptors (Lipinski definition) is 3. The topological polar surface area (TPSA) is 35.5 Å². The summed E-state index contributed by atoms with van der Waals surface area (Å²) in [5.74, 6) is -7.10. The van der Waals surface area contributed by atoms with E-state index in [0.717, 1.165) is 13.5 Å². The monoisotopic (exact) mass is 348 g/mol. The number of carbonyl (C=O) groups is 1. The van der Waals surface area contributed by atoms with Gasteiger partial charge in [-0.15, -0.1) is 0 Å². The molecule has 1 fully saturated rings. The van der Waals surface area contributed by atoms with Gasteiger partial charge in [0.15, 0.2) is 23.3 Å². The van der Waals surface area contributed by atoms with Crippen LogP contribution in [0, 0.1) is 40.5 Å². The Bertz CT molecular complexity index is 629. The number of methoxy groups -OCH3 is 1. The third kappa shape index (κ3) is 3.01. The van der Waals surface area contributed by atoms with Crippen molar-refractivity contribution >= 4 is 5.97 Å². The van der Waals surface area contributed by atoms with Gasteiger partial charge in [-0.25, -0.2) is 17.6 Å². The molecule has 134 valence electrons. The molecular weight excluding hydrogens is 328 g/mol. The second-order valence-corrected chi connectivity index (χ2v) is 6.57. The summed E-state index contributed by atoms with van der Waals surface area (Å²) in [6, 6.07) is 0. The Kier molecular flexibility index (Phi) is 5.22. The molecule has 2 unspecified atom stereocenters. The van der Waals surface area contributed by atoms with Crippen LogP contribution in [0.4, 0.5) is 17.6 Å². The van der Waals surface area contributed by atoms with E-state index in [4.69, 9.17) is 4.74 Å². The Hall–Kier alpha value is -1.63. The van der Waals surface area contributed by atoms with E-state index in [0.29, 0.717) is 0 Å². The molecular formula is C17H20F4O3. The molecule has 0 aromatic heterocycles. The van der Waals surface area contributed by atoms with Crippen molar-refractivity contribution in [1.29, 1.82) is 0 Å². The summed E-state index contributed by atoms with van der Waals surface area (Å²) in [5.41, 5.74) is -2.02. The van der Waals surface area contributed by atoms with E-state index >= 15 is 0 Å². The minimum absolute atomic E-state index is 0.122. The van der Waals surface area contributed by atoms with Crippen LogP contribution in [0.3, 0.4) is 0 Å². The highest BCUT2D eigenvalue weighted by atomic mass is 19.2. The Morgan fingerprint density at radius 1 is 1.00 bits per heavy atom. The van der Waals surface area contributed by atoms with Crippen molar-refractivity contribution in [2.75, 3.05) is 7.11 Å². The molecule has 24 heavy (non-hydrogen) atoms. The van der Waals surface area contributed by atoms with Crippen molar-refractivity contribution in [2.45, 2.75) is 40.4 Å². The van der Waals surface area contributed by atoms with Crippen molar-refractivity contribution in [2.24, 2.45) is 17.3 Å². The molecule has 0 aliphatic heterocycles. The SMILES string of the molecule is CCC1C(C(=O)OCc2c(F)c(F)c(COC)c(F)c2F)C1(C)C. The van der Waals surface area contributed by atoms with Crippen molar-refractivity contribution in [1.82, 2.24) is 0 Å². The average molecular weight is 348 g/mol. The van der Waals surface area contributed by atoms with Crippen LogP contribution >= 0.6 is 0 Å². The molecule has 1 saturated carbocycles. The van der Waals surface area contributed by atoms with Gasteiger partial charge < -0.3 is 9.47 Å². The zero-order valence-electron chi connectivity index (χ0n) is 14.0. The minimum atomic E-state index is -1.57. The van der Waals surface area contributed by atoms with E-state index in [1.807, 2.05) is 20.8 Å². The summed E-state index contributed by atoms with van der Waals surface area (Å²) in [4.78, 5) is 12.1. The lowest BCUT2D eigenvalue weighted by atomic mass is 10.1. The van der Waals surface area contributed by atoms with Crippen molar-refractivity contribution in [3.63, 3.8) is 0 Å². The van der Waals surface area contributed by atoms with Crippen LogP contribution in [0.1, 0.15) is 38.3 Å². The molecule has 3 nitrogen and oxygen atoms in total. The Labute approximate surface area is 137 Å². The van der Waals surface area contributed by atoms with E-state index < -0.39 is 53.6 Å².